The minimum Gasteiger partial charge on any atom is -0.317 e. The molecule has 1 aromatic carbocycles. The average molecular weight is 306 g/mol. The molecule has 0 fully saturated rings. The van der Waals surface area contributed by atoms with E-state index in [1.54, 1.807) is 0 Å². The largest absolute Gasteiger partial charge is 0.317 e. The van der Waals surface area contributed by atoms with Gasteiger partial charge in [0.05, 0.1) is 4.47 Å². The summed E-state index contributed by atoms with van der Waals surface area (Å²) in [7, 11) is 0. The van der Waals surface area contributed by atoms with Crippen molar-refractivity contribution in [2.45, 2.75) is 32.6 Å². The highest BCUT2D eigenvalue weighted by Crippen LogP contribution is 2.21. The first-order valence-electron chi connectivity index (χ1n) is 5.99. The summed E-state index contributed by atoms with van der Waals surface area (Å²) in [5.41, 5.74) is 0.459. The quantitative estimate of drug-likeness (QED) is 0.592. The van der Waals surface area contributed by atoms with Crippen molar-refractivity contribution in [1.82, 2.24) is 5.32 Å². The second-order valence-corrected chi connectivity index (χ2v) is 4.92. The number of hydrogen-bond donors (Lipinski definition) is 1. The molecule has 0 aromatic heterocycles. The Kier molecular flexibility index (Phi) is 6.66. The molecule has 0 atom stereocenters. The Hall–Kier alpha value is -0.480. The third kappa shape index (κ3) is 5.13. The Balaban J connectivity index is 2.34. The average Bonchev–Trinajstić information content (AvgIpc) is 2.30. The van der Waals surface area contributed by atoms with Crippen LogP contribution in [0, 0.1) is 11.6 Å². The molecule has 0 unspecified atom stereocenters. The SMILES string of the molecule is CCCNCCCCc1cc(F)c(Br)cc1F. The van der Waals surface area contributed by atoms with Crippen LogP contribution in [-0.4, -0.2) is 13.1 Å². The Labute approximate surface area is 110 Å². The number of unbranched alkanes of at least 4 members (excludes halogenated alkanes) is 1. The Morgan fingerprint density at radius 2 is 1.88 bits per heavy atom. The molecule has 0 spiro atoms. The number of aryl methyl sites for hydroxylation is 1. The molecule has 0 aliphatic rings. The van der Waals surface area contributed by atoms with Gasteiger partial charge in [-0.2, -0.15) is 0 Å². The van der Waals surface area contributed by atoms with Crippen LogP contribution in [0.25, 0.3) is 0 Å². The first-order valence-corrected chi connectivity index (χ1v) is 6.78. The molecule has 0 saturated carbocycles. The van der Waals surface area contributed by atoms with Crippen molar-refractivity contribution in [3.8, 4) is 0 Å². The van der Waals surface area contributed by atoms with Gasteiger partial charge < -0.3 is 5.32 Å². The fraction of sp³-hybridized carbons (Fsp3) is 0.538. The van der Waals surface area contributed by atoms with E-state index in [4.69, 9.17) is 0 Å². The molecule has 1 rings (SSSR count). The molecule has 0 amide bonds. The molecule has 17 heavy (non-hydrogen) atoms. The second-order valence-electron chi connectivity index (χ2n) is 4.06. The molecule has 0 heterocycles. The molecule has 0 bridgehead atoms. The molecule has 0 radical (unpaired) electrons. The van der Waals surface area contributed by atoms with Gasteiger partial charge in [-0.25, -0.2) is 8.78 Å². The van der Waals surface area contributed by atoms with Crippen LogP contribution in [0.15, 0.2) is 16.6 Å². The van der Waals surface area contributed by atoms with Crippen molar-refractivity contribution in [1.29, 1.82) is 0 Å². The van der Waals surface area contributed by atoms with Crippen molar-refractivity contribution in [3.05, 3.63) is 33.8 Å². The van der Waals surface area contributed by atoms with E-state index in [0.29, 0.717) is 12.0 Å². The van der Waals surface area contributed by atoms with Gasteiger partial charge >= 0.3 is 0 Å². The normalized spacial score (nSPS) is 10.8. The second kappa shape index (κ2) is 7.77. The molecule has 1 aromatic rings. The highest BCUT2D eigenvalue weighted by atomic mass is 79.9. The Morgan fingerprint density at radius 3 is 2.59 bits per heavy atom. The van der Waals surface area contributed by atoms with Gasteiger partial charge in [-0.05, 0) is 72.4 Å². The van der Waals surface area contributed by atoms with Gasteiger partial charge in [-0.15, -0.1) is 0 Å². The minimum atomic E-state index is -0.398. The molecule has 0 aliphatic carbocycles. The van der Waals surface area contributed by atoms with Crippen LogP contribution in [-0.2, 0) is 6.42 Å². The maximum atomic E-state index is 13.4. The molecule has 1 nitrogen and oxygen atoms in total. The van der Waals surface area contributed by atoms with Crippen LogP contribution in [0.2, 0.25) is 0 Å². The standard InChI is InChI=1S/C13H18BrF2N/c1-2-6-17-7-4-3-5-10-8-13(16)11(14)9-12(10)15/h8-9,17H,2-7H2,1H3. The number of nitrogens with one attached hydrogen (secondary N) is 1. The molecular formula is C13H18BrF2N. The van der Waals surface area contributed by atoms with Crippen LogP contribution in [0.3, 0.4) is 0 Å². The lowest BCUT2D eigenvalue weighted by Crippen LogP contribution is -2.15. The zero-order chi connectivity index (χ0) is 12.7. The summed E-state index contributed by atoms with van der Waals surface area (Å²) in [5, 5.41) is 3.28. The zero-order valence-corrected chi connectivity index (χ0v) is 11.6. The first kappa shape index (κ1) is 14.6. The highest BCUT2D eigenvalue weighted by molar-refractivity contribution is 9.10. The van der Waals surface area contributed by atoms with Crippen LogP contribution < -0.4 is 5.32 Å². The van der Waals surface area contributed by atoms with E-state index in [1.807, 2.05) is 0 Å². The summed E-state index contributed by atoms with van der Waals surface area (Å²) in [6, 6.07) is 2.47. The van der Waals surface area contributed by atoms with Crippen molar-refractivity contribution in [2.24, 2.45) is 0 Å². The summed E-state index contributed by atoms with van der Waals surface area (Å²) >= 11 is 2.97. The summed E-state index contributed by atoms with van der Waals surface area (Å²) in [6.45, 7) is 4.07. The number of hydrogen-bond acceptors (Lipinski definition) is 1. The van der Waals surface area contributed by atoms with Crippen LogP contribution in [0.1, 0.15) is 31.7 Å². The molecule has 4 heteroatoms. The third-order valence-corrected chi connectivity index (χ3v) is 3.17. The zero-order valence-electron chi connectivity index (χ0n) is 10.0. The number of halogens is 3. The van der Waals surface area contributed by atoms with Crippen LogP contribution in [0.5, 0.6) is 0 Å². The minimum absolute atomic E-state index is 0.184. The van der Waals surface area contributed by atoms with Crippen LogP contribution >= 0.6 is 15.9 Å². The van der Waals surface area contributed by atoms with Gasteiger partial charge in [0.15, 0.2) is 0 Å². The predicted molar refractivity (Wildman–Crippen MR) is 70.2 cm³/mol. The molecular weight excluding hydrogens is 288 g/mol. The van der Waals surface area contributed by atoms with Gasteiger partial charge in [0.2, 0.25) is 0 Å². The van der Waals surface area contributed by atoms with Crippen molar-refractivity contribution >= 4 is 15.9 Å². The van der Waals surface area contributed by atoms with Gasteiger partial charge in [0, 0.05) is 0 Å². The van der Waals surface area contributed by atoms with E-state index < -0.39 is 5.82 Å². The third-order valence-electron chi connectivity index (χ3n) is 2.57. The van der Waals surface area contributed by atoms with Crippen molar-refractivity contribution < 1.29 is 8.78 Å². The Bertz CT molecular complexity index is 356. The van der Waals surface area contributed by atoms with Gasteiger partial charge in [-0.3, -0.25) is 0 Å². The maximum absolute atomic E-state index is 13.4. The molecule has 96 valence electrons. The molecule has 0 aliphatic heterocycles. The van der Waals surface area contributed by atoms with Gasteiger partial charge in [0.25, 0.3) is 0 Å². The number of benzene rings is 1. The van der Waals surface area contributed by atoms with E-state index in [1.165, 1.54) is 12.1 Å². The molecule has 0 saturated heterocycles. The van der Waals surface area contributed by atoms with Crippen molar-refractivity contribution in [3.63, 3.8) is 0 Å². The van der Waals surface area contributed by atoms with Gasteiger partial charge in [-0.1, -0.05) is 6.92 Å². The predicted octanol–water partition coefficient (Wildman–Crippen LogP) is 4.05. The van der Waals surface area contributed by atoms with E-state index in [9.17, 15) is 8.78 Å². The Morgan fingerprint density at radius 1 is 1.12 bits per heavy atom. The van der Waals surface area contributed by atoms with E-state index >= 15 is 0 Å². The van der Waals surface area contributed by atoms with Crippen LogP contribution in [0.4, 0.5) is 8.78 Å². The fourth-order valence-electron chi connectivity index (χ4n) is 1.62. The molecule has 1 N–H and O–H groups in total. The smallest absolute Gasteiger partial charge is 0.137 e. The maximum Gasteiger partial charge on any atom is 0.137 e. The van der Waals surface area contributed by atoms with Crippen molar-refractivity contribution in [2.75, 3.05) is 13.1 Å². The lowest BCUT2D eigenvalue weighted by Gasteiger charge is -2.05. The summed E-state index contributed by atoms with van der Waals surface area (Å²) in [4.78, 5) is 0. The topological polar surface area (TPSA) is 12.0 Å². The summed E-state index contributed by atoms with van der Waals surface area (Å²) in [6.07, 6.45) is 3.56. The summed E-state index contributed by atoms with van der Waals surface area (Å²) in [5.74, 6) is -0.731. The summed E-state index contributed by atoms with van der Waals surface area (Å²) < 4.78 is 26.8. The van der Waals surface area contributed by atoms with E-state index in [2.05, 4.69) is 28.2 Å². The number of rotatable bonds is 7. The fourth-order valence-corrected chi connectivity index (χ4v) is 1.94. The van der Waals surface area contributed by atoms with E-state index in [0.717, 1.165) is 32.4 Å². The van der Waals surface area contributed by atoms with E-state index in [-0.39, 0.29) is 10.3 Å². The van der Waals surface area contributed by atoms with Gasteiger partial charge in [0.1, 0.15) is 11.6 Å². The lowest BCUT2D eigenvalue weighted by molar-refractivity contribution is 0.567. The monoisotopic (exact) mass is 305 g/mol. The highest BCUT2D eigenvalue weighted by Gasteiger charge is 2.07. The first-order chi connectivity index (χ1) is 8.15. The lowest BCUT2D eigenvalue weighted by atomic mass is 10.1.